The van der Waals surface area contributed by atoms with Gasteiger partial charge in [0.2, 0.25) is 28.6 Å². The molecule has 2 aromatic carbocycles. The summed E-state index contributed by atoms with van der Waals surface area (Å²) in [6.45, 7) is 8.74. The molecular weight excluding hydrogens is 482 g/mol. The van der Waals surface area contributed by atoms with E-state index < -0.39 is 28.5 Å². The lowest BCUT2D eigenvalue weighted by Crippen LogP contribution is -2.52. The van der Waals surface area contributed by atoms with Gasteiger partial charge in [-0.05, 0) is 51.8 Å². The number of carbonyl (C=O) groups is 2. The lowest BCUT2D eigenvalue weighted by Gasteiger charge is -2.32. The van der Waals surface area contributed by atoms with E-state index in [-0.39, 0.29) is 31.0 Å². The second-order valence-corrected chi connectivity index (χ2v) is 11.1. The molecule has 2 aromatic rings. The molecular formula is C26H35N3O6S. The smallest absolute Gasteiger partial charge is 0.244 e. The van der Waals surface area contributed by atoms with Crippen molar-refractivity contribution in [1.29, 1.82) is 0 Å². The molecule has 0 unspecified atom stereocenters. The predicted octanol–water partition coefficient (Wildman–Crippen LogP) is 3.21. The van der Waals surface area contributed by atoms with Crippen LogP contribution in [0.2, 0.25) is 0 Å². The molecule has 2 amide bonds. The topological polar surface area (TPSA) is 105 Å². The first kappa shape index (κ1) is 27.3. The van der Waals surface area contributed by atoms with E-state index in [9.17, 15) is 18.0 Å². The number of benzene rings is 2. The van der Waals surface area contributed by atoms with Gasteiger partial charge in [0.15, 0.2) is 11.5 Å². The standard InChI is InChI=1S/C26H35N3O6S/c1-6-19(4)27-26(31)20(5)28(15-21-10-8-9-18(3)13-21)25(30)16-29(36(32,33)7-2)22-11-12-23-24(14-22)35-17-34-23/h8-14,19-20H,6-7,15-17H2,1-5H3,(H,27,31)/t19-,20+/m0/s1. The van der Waals surface area contributed by atoms with E-state index in [1.807, 2.05) is 45.0 Å². The van der Waals surface area contributed by atoms with Gasteiger partial charge in [-0.1, -0.05) is 36.8 Å². The van der Waals surface area contributed by atoms with Crippen LogP contribution in [-0.2, 0) is 26.2 Å². The molecule has 0 radical (unpaired) electrons. The van der Waals surface area contributed by atoms with Crippen molar-refractivity contribution in [2.75, 3.05) is 23.4 Å². The van der Waals surface area contributed by atoms with Gasteiger partial charge >= 0.3 is 0 Å². The summed E-state index contributed by atoms with van der Waals surface area (Å²) in [6.07, 6.45) is 0.747. The summed E-state index contributed by atoms with van der Waals surface area (Å²) in [5, 5.41) is 2.92. The van der Waals surface area contributed by atoms with E-state index in [1.165, 1.54) is 11.8 Å². The second-order valence-electron chi connectivity index (χ2n) is 8.95. The quantitative estimate of drug-likeness (QED) is 0.491. The second kappa shape index (κ2) is 11.6. The fourth-order valence-corrected chi connectivity index (χ4v) is 4.87. The summed E-state index contributed by atoms with van der Waals surface area (Å²) < 4.78 is 37.9. The molecule has 2 atom stereocenters. The first-order chi connectivity index (χ1) is 17.1. The van der Waals surface area contributed by atoms with Crippen LogP contribution in [-0.4, -0.2) is 56.3 Å². The molecule has 1 aliphatic rings. The first-order valence-electron chi connectivity index (χ1n) is 12.1. The normalized spacial score (nSPS) is 14.1. The van der Waals surface area contributed by atoms with Gasteiger partial charge in [-0.25, -0.2) is 8.42 Å². The Labute approximate surface area is 213 Å². The van der Waals surface area contributed by atoms with Gasteiger partial charge in [0.1, 0.15) is 12.6 Å². The van der Waals surface area contributed by atoms with Crippen LogP contribution in [0.5, 0.6) is 11.5 Å². The van der Waals surface area contributed by atoms with Crippen LogP contribution < -0.4 is 19.1 Å². The molecule has 0 saturated carbocycles. The predicted molar refractivity (Wildman–Crippen MR) is 138 cm³/mol. The Hall–Kier alpha value is -3.27. The van der Waals surface area contributed by atoms with Crippen LogP contribution in [0.25, 0.3) is 0 Å². The fourth-order valence-electron chi connectivity index (χ4n) is 3.82. The summed E-state index contributed by atoms with van der Waals surface area (Å²) in [5.74, 6) is -0.0581. The Morgan fingerprint density at radius 3 is 2.44 bits per heavy atom. The van der Waals surface area contributed by atoms with Gasteiger partial charge in [0.25, 0.3) is 0 Å². The molecule has 0 aromatic heterocycles. The van der Waals surface area contributed by atoms with Crippen molar-refractivity contribution in [2.45, 2.75) is 59.7 Å². The van der Waals surface area contributed by atoms with Crippen molar-refractivity contribution >= 4 is 27.5 Å². The van der Waals surface area contributed by atoms with E-state index >= 15 is 0 Å². The van der Waals surface area contributed by atoms with Gasteiger partial charge in [-0.2, -0.15) is 0 Å². The highest BCUT2D eigenvalue weighted by Gasteiger charge is 2.32. The lowest BCUT2D eigenvalue weighted by atomic mass is 10.1. The summed E-state index contributed by atoms with van der Waals surface area (Å²) >= 11 is 0. The average Bonchev–Trinajstić information content (AvgIpc) is 3.33. The van der Waals surface area contributed by atoms with E-state index in [0.717, 1.165) is 21.9 Å². The third kappa shape index (κ3) is 6.48. The zero-order valence-electron chi connectivity index (χ0n) is 21.5. The van der Waals surface area contributed by atoms with Crippen molar-refractivity contribution in [3.05, 3.63) is 53.6 Å². The van der Waals surface area contributed by atoms with Crippen LogP contribution in [0.4, 0.5) is 5.69 Å². The molecule has 196 valence electrons. The minimum Gasteiger partial charge on any atom is -0.454 e. The monoisotopic (exact) mass is 517 g/mol. The molecule has 1 heterocycles. The van der Waals surface area contributed by atoms with E-state index in [0.29, 0.717) is 17.2 Å². The van der Waals surface area contributed by atoms with Crippen LogP contribution >= 0.6 is 0 Å². The van der Waals surface area contributed by atoms with Gasteiger partial charge in [-0.15, -0.1) is 0 Å². The first-order valence-corrected chi connectivity index (χ1v) is 13.7. The number of amides is 2. The highest BCUT2D eigenvalue weighted by atomic mass is 32.2. The third-order valence-electron chi connectivity index (χ3n) is 6.23. The highest BCUT2D eigenvalue weighted by molar-refractivity contribution is 7.92. The number of ether oxygens (including phenoxy) is 2. The number of nitrogens with zero attached hydrogens (tertiary/aromatic N) is 2. The van der Waals surface area contributed by atoms with Crippen molar-refractivity contribution in [3.8, 4) is 11.5 Å². The number of sulfonamides is 1. The Kier molecular flexibility index (Phi) is 8.84. The minimum atomic E-state index is -3.82. The van der Waals surface area contributed by atoms with Crippen LogP contribution in [0.3, 0.4) is 0 Å². The summed E-state index contributed by atoms with van der Waals surface area (Å²) in [7, 11) is -3.82. The highest BCUT2D eigenvalue weighted by Crippen LogP contribution is 2.36. The number of hydrogen-bond donors (Lipinski definition) is 1. The Morgan fingerprint density at radius 1 is 1.06 bits per heavy atom. The molecule has 0 bridgehead atoms. The molecule has 36 heavy (non-hydrogen) atoms. The molecule has 3 rings (SSSR count). The molecule has 9 nitrogen and oxygen atoms in total. The number of aryl methyl sites for hydroxylation is 1. The molecule has 1 aliphatic heterocycles. The Morgan fingerprint density at radius 2 is 1.78 bits per heavy atom. The number of fused-ring (bicyclic) bond motifs is 1. The summed E-state index contributed by atoms with van der Waals surface area (Å²) in [6, 6.07) is 11.5. The molecule has 0 fully saturated rings. The van der Waals surface area contributed by atoms with Crippen molar-refractivity contribution in [1.82, 2.24) is 10.2 Å². The molecule has 0 aliphatic carbocycles. The number of hydrogen-bond acceptors (Lipinski definition) is 6. The van der Waals surface area contributed by atoms with Gasteiger partial charge in [0.05, 0.1) is 11.4 Å². The Balaban J connectivity index is 1.94. The zero-order chi connectivity index (χ0) is 26.5. The van der Waals surface area contributed by atoms with E-state index in [2.05, 4.69) is 5.32 Å². The fraction of sp³-hybridized carbons (Fsp3) is 0.462. The maximum atomic E-state index is 13.7. The van der Waals surface area contributed by atoms with Crippen molar-refractivity contribution < 1.29 is 27.5 Å². The largest absolute Gasteiger partial charge is 0.454 e. The third-order valence-corrected chi connectivity index (χ3v) is 7.97. The van der Waals surface area contributed by atoms with E-state index in [1.54, 1.807) is 25.1 Å². The average molecular weight is 518 g/mol. The lowest BCUT2D eigenvalue weighted by molar-refractivity contribution is -0.139. The van der Waals surface area contributed by atoms with E-state index in [4.69, 9.17) is 9.47 Å². The van der Waals surface area contributed by atoms with Gasteiger partial charge < -0.3 is 19.7 Å². The van der Waals surface area contributed by atoms with Crippen LogP contribution in [0.1, 0.15) is 45.2 Å². The molecule has 10 heteroatoms. The maximum absolute atomic E-state index is 13.7. The summed E-state index contributed by atoms with van der Waals surface area (Å²) in [4.78, 5) is 28.1. The minimum absolute atomic E-state index is 0.0469. The molecule has 0 saturated heterocycles. The van der Waals surface area contributed by atoms with Gasteiger partial charge in [0, 0.05) is 18.7 Å². The number of carbonyl (C=O) groups excluding carboxylic acids is 2. The number of anilines is 1. The molecule has 1 N–H and O–H groups in total. The SMILES string of the molecule is CC[C@H](C)NC(=O)[C@@H](C)N(Cc1cccc(C)c1)C(=O)CN(c1ccc2c(c1)OCO2)S(=O)(=O)CC. The number of rotatable bonds is 11. The van der Waals surface area contributed by atoms with Crippen molar-refractivity contribution in [3.63, 3.8) is 0 Å². The molecule has 0 spiro atoms. The van der Waals surface area contributed by atoms with Crippen LogP contribution in [0, 0.1) is 6.92 Å². The van der Waals surface area contributed by atoms with Gasteiger partial charge in [-0.3, -0.25) is 13.9 Å². The number of nitrogens with one attached hydrogen (secondary N) is 1. The summed E-state index contributed by atoms with van der Waals surface area (Å²) in [5.41, 5.74) is 2.16. The maximum Gasteiger partial charge on any atom is 0.244 e. The Bertz CT molecular complexity index is 1200. The zero-order valence-corrected chi connectivity index (χ0v) is 22.3. The van der Waals surface area contributed by atoms with Crippen molar-refractivity contribution in [2.24, 2.45) is 0 Å². The van der Waals surface area contributed by atoms with Crippen LogP contribution in [0.15, 0.2) is 42.5 Å².